The molecule has 2 N–H and O–H groups in total. The van der Waals surface area contributed by atoms with Gasteiger partial charge >= 0.3 is 12.0 Å². The Balaban J connectivity index is 1.72. The maximum Gasteiger partial charge on any atom is 0.321 e. The SMILES string of the molecule is CC1CC(C(=O)O)CN(C(=O)Nc2ccccc2C(=O)N2CCOCC2)C1. The van der Waals surface area contributed by atoms with Crippen molar-refractivity contribution in [2.24, 2.45) is 11.8 Å². The first-order chi connectivity index (χ1) is 13.0. The van der Waals surface area contributed by atoms with Gasteiger partial charge in [0.2, 0.25) is 0 Å². The lowest BCUT2D eigenvalue weighted by molar-refractivity contribution is -0.143. The molecule has 0 radical (unpaired) electrons. The standard InChI is InChI=1S/C19H25N3O5/c1-13-10-14(18(24)25)12-22(11-13)19(26)20-16-5-3-2-4-15(16)17(23)21-6-8-27-9-7-21/h2-5,13-14H,6-12H2,1H3,(H,20,26)(H,24,25). The van der Waals surface area contributed by atoms with Crippen LogP contribution in [0, 0.1) is 11.8 Å². The highest BCUT2D eigenvalue weighted by Gasteiger charge is 2.32. The zero-order valence-electron chi connectivity index (χ0n) is 15.4. The van der Waals surface area contributed by atoms with E-state index in [0.717, 1.165) is 0 Å². The molecule has 8 heteroatoms. The molecule has 0 aliphatic carbocycles. The number of urea groups is 1. The molecule has 27 heavy (non-hydrogen) atoms. The maximum absolute atomic E-state index is 12.8. The van der Waals surface area contributed by atoms with E-state index in [1.54, 1.807) is 29.2 Å². The Hall–Kier alpha value is -2.61. The first-order valence-corrected chi connectivity index (χ1v) is 9.20. The Morgan fingerprint density at radius 2 is 1.81 bits per heavy atom. The molecule has 3 amide bonds. The molecule has 146 valence electrons. The van der Waals surface area contributed by atoms with Crippen LogP contribution in [0.25, 0.3) is 0 Å². The number of morpholine rings is 1. The Labute approximate surface area is 158 Å². The van der Waals surface area contributed by atoms with Crippen molar-refractivity contribution in [2.75, 3.05) is 44.7 Å². The first-order valence-electron chi connectivity index (χ1n) is 9.20. The molecule has 0 spiro atoms. The van der Waals surface area contributed by atoms with Gasteiger partial charge in [-0.15, -0.1) is 0 Å². The van der Waals surface area contributed by atoms with Gasteiger partial charge in [0, 0.05) is 26.2 Å². The minimum absolute atomic E-state index is 0.107. The number of benzene rings is 1. The lowest BCUT2D eigenvalue weighted by atomic mass is 9.91. The van der Waals surface area contributed by atoms with E-state index in [0.29, 0.717) is 50.5 Å². The van der Waals surface area contributed by atoms with Gasteiger partial charge in [-0.2, -0.15) is 0 Å². The fraction of sp³-hybridized carbons (Fsp3) is 0.526. The third-order valence-corrected chi connectivity index (χ3v) is 4.99. The number of rotatable bonds is 3. The quantitative estimate of drug-likeness (QED) is 0.838. The Bertz CT molecular complexity index is 717. The average molecular weight is 375 g/mol. The summed E-state index contributed by atoms with van der Waals surface area (Å²) >= 11 is 0. The van der Waals surface area contributed by atoms with E-state index in [2.05, 4.69) is 5.32 Å². The van der Waals surface area contributed by atoms with E-state index >= 15 is 0 Å². The van der Waals surface area contributed by atoms with Crippen LogP contribution in [0.15, 0.2) is 24.3 Å². The number of nitrogens with zero attached hydrogens (tertiary/aromatic N) is 2. The molecular formula is C19H25N3O5. The molecule has 3 rings (SSSR count). The van der Waals surface area contributed by atoms with Gasteiger partial charge in [0.05, 0.1) is 30.4 Å². The number of likely N-dealkylation sites (tertiary alicyclic amines) is 1. The van der Waals surface area contributed by atoms with Gasteiger partial charge in [-0.1, -0.05) is 19.1 Å². The van der Waals surface area contributed by atoms with Crippen LogP contribution in [-0.4, -0.2) is 72.2 Å². The molecule has 1 aromatic carbocycles. The predicted octanol–water partition coefficient (Wildman–Crippen LogP) is 1.73. The van der Waals surface area contributed by atoms with E-state index in [1.165, 1.54) is 4.90 Å². The molecule has 0 saturated carbocycles. The van der Waals surface area contributed by atoms with Crippen LogP contribution in [0.4, 0.5) is 10.5 Å². The summed E-state index contributed by atoms with van der Waals surface area (Å²) in [5.41, 5.74) is 0.858. The number of piperidine rings is 1. The van der Waals surface area contributed by atoms with Gasteiger partial charge in [-0.3, -0.25) is 9.59 Å². The minimum atomic E-state index is -0.887. The molecule has 2 aliphatic heterocycles. The van der Waals surface area contributed by atoms with Crippen molar-refractivity contribution in [1.82, 2.24) is 9.80 Å². The molecule has 2 unspecified atom stereocenters. The number of aliphatic carboxylic acids is 1. The fourth-order valence-electron chi connectivity index (χ4n) is 3.61. The van der Waals surface area contributed by atoms with Gasteiger partial charge in [0.15, 0.2) is 0 Å². The van der Waals surface area contributed by atoms with Crippen molar-refractivity contribution < 1.29 is 24.2 Å². The molecule has 2 aliphatic rings. The maximum atomic E-state index is 12.8. The second kappa shape index (κ2) is 8.39. The van der Waals surface area contributed by atoms with Crippen molar-refractivity contribution in [3.8, 4) is 0 Å². The molecule has 2 atom stereocenters. The van der Waals surface area contributed by atoms with Crippen LogP contribution in [0.1, 0.15) is 23.7 Å². The van der Waals surface area contributed by atoms with Crippen LogP contribution in [0.3, 0.4) is 0 Å². The van der Waals surface area contributed by atoms with Gasteiger partial charge in [-0.05, 0) is 24.5 Å². The minimum Gasteiger partial charge on any atom is -0.481 e. The van der Waals surface area contributed by atoms with Crippen molar-refractivity contribution in [1.29, 1.82) is 0 Å². The zero-order valence-corrected chi connectivity index (χ0v) is 15.4. The monoisotopic (exact) mass is 375 g/mol. The number of para-hydroxylation sites is 1. The number of anilines is 1. The Morgan fingerprint density at radius 1 is 1.11 bits per heavy atom. The number of amides is 3. The van der Waals surface area contributed by atoms with E-state index in [4.69, 9.17) is 4.74 Å². The number of ether oxygens (including phenoxy) is 1. The van der Waals surface area contributed by atoms with Crippen LogP contribution >= 0.6 is 0 Å². The second-order valence-corrected chi connectivity index (χ2v) is 7.16. The van der Waals surface area contributed by atoms with Crippen molar-refractivity contribution in [3.63, 3.8) is 0 Å². The number of hydrogen-bond donors (Lipinski definition) is 2. The van der Waals surface area contributed by atoms with Crippen LogP contribution in [-0.2, 0) is 9.53 Å². The average Bonchev–Trinajstić information content (AvgIpc) is 2.68. The molecule has 8 nitrogen and oxygen atoms in total. The van der Waals surface area contributed by atoms with Crippen molar-refractivity contribution >= 4 is 23.6 Å². The summed E-state index contributed by atoms with van der Waals surface area (Å²) in [7, 11) is 0. The van der Waals surface area contributed by atoms with Gasteiger partial charge in [-0.25, -0.2) is 4.79 Å². The van der Waals surface area contributed by atoms with Crippen molar-refractivity contribution in [3.05, 3.63) is 29.8 Å². The van der Waals surface area contributed by atoms with Crippen LogP contribution in [0.5, 0.6) is 0 Å². The normalized spacial score (nSPS) is 23.0. The lowest BCUT2D eigenvalue weighted by Gasteiger charge is -2.34. The molecule has 0 aromatic heterocycles. The second-order valence-electron chi connectivity index (χ2n) is 7.16. The van der Waals surface area contributed by atoms with E-state index in [-0.39, 0.29) is 24.4 Å². The molecule has 1 aromatic rings. The van der Waals surface area contributed by atoms with Crippen molar-refractivity contribution in [2.45, 2.75) is 13.3 Å². The third-order valence-electron chi connectivity index (χ3n) is 4.99. The molecule has 2 saturated heterocycles. The van der Waals surface area contributed by atoms with Gasteiger partial charge in [0.25, 0.3) is 5.91 Å². The smallest absolute Gasteiger partial charge is 0.321 e. The Morgan fingerprint density at radius 3 is 2.52 bits per heavy atom. The highest BCUT2D eigenvalue weighted by molar-refractivity contribution is 6.03. The number of hydrogen-bond acceptors (Lipinski definition) is 4. The number of carboxylic acid groups (broad SMARTS) is 1. The summed E-state index contributed by atoms with van der Waals surface area (Å²) < 4.78 is 5.28. The van der Waals surface area contributed by atoms with E-state index in [9.17, 15) is 19.5 Å². The number of carbonyl (C=O) groups excluding carboxylic acids is 2. The fourth-order valence-corrected chi connectivity index (χ4v) is 3.61. The highest BCUT2D eigenvalue weighted by atomic mass is 16.5. The summed E-state index contributed by atoms with van der Waals surface area (Å²) in [6.45, 7) is 4.65. The molecule has 0 bridgehead atoms. The number of nitrogens with one attached hydrogen (secondary N) is 1. The summed E-state index contributed by atoms with van der Waals surface area (Å²) in [6.07, 6.45) is 0.561. The molecule has 2 fully saturated rings. The van der Waals surface area contributed by atoms with E-state index in [1.807, 2.05) is 6.92 Å². The summed E-state index contributed by atoms with van der Waals surface area (Å²) in [5.74, 6) is -1.49. The summed E-state index contributed by atoms with van der Waals surface area (Å²) in [5, 5.41) is 12.1. The van der Waals surface area contributed by atoms with E-state index < -0.39 is 11.9 Å². The lowest BCUT2D eigenvalue weighted by Crippen LogP contribution is -2.47. The number of carboxylic acids is 1. The Kier molecular flexibility index (Phi) is 5.95. The van der Waals surface area contributed by atoms with Crippen LogP contribution < -0.4 is 5.32 Å². The summed E-state index contributed by atoms with van der Waals surface area (Å²) in [6, 6.07) is 6.51. The molecule has 2 heterocycles. The number of carbonyl (C=O) groups is 3. The third kappa shape index (κ3) is 4.57. The molecular weight excluding hydrogens is 350 g/mol. The topological polar surface area (TPSA) is 99.2 Å². The summed E-state index contributed by atoms with van der Waals surface area (Å²) in [4.78, 5) is 40.1. The largest absolute Gasteiger partial charge is 0.481 e. The van der Waals surface area contributed by atoms with Gasteiger partial charge in [0.1, 0.15) is 0 Å². The zero-order chi connectivity index (χ0) is 19.4. The van der Waals surface area contributed by atoms with Crippen LogP contribution in [0.2, 0.25) is 0 Å². The predicted molar refractivity (Wildman–Crippen MR) is 98.7 cm³/mol. The first kappa shape index (κ1) is 19.2. The van der Waals surface area contributed by atoms with Gasteiger partial charge < -0.3 is 25.0 Å². The highest BCUT2D eigenvalue weighted by Crippen LogP contribution is 2.24.